The van der Waals surface area contributed by atoms with Gasteiger partial charge in [-0.25, -0.2) is 9.37 Å². The molecule has 3 rings (SSSR count). The fourth-order valence-corrected chi connectivity index (χ4v) is 2.28. The summed E-state index contributed by atoms with van der Waals surface area (Å²) in [4.78, 5) is 6.52. The molecule has 3 nitrogen and oxygen atoms in total. The third-order valence-corrected chi connectivity index (χ3v) is 3.94. The lowest BCUT2D eigenvalue weighted by molar-refractivity contribution is 0.628. The van der Waals surface area contributed by atoms with Crippen molar-refractivity contribution in [3.05, 3.63) is 52.9 Å². The van der Waals surface area contributed by atoms with E-state index in [2.05, 4.69) is 10.3 Å². The van der Waals surface area contributed by atoms with Crippen molar-refractivity contribution in [2.45, 2.75) is 25.4 Å². The van der Waals surface area contributed by atoms with Gasteiger partial charge in [0.2, 0.25) is 0 Å². The van der Waals surface area contributed by atoms with Gasteiger partial charge in [-0.2, -0.15) is 0 Å². The first-order valence-corrected chi connectivity index (χ1v) is 7.39. The van der Waals surface area contributed by atoms with Crippen molar-refractivity contribution in [1.82, 2.24) is 10.3 Å². The van der Waals surface area contributed by atoms with Crippen LogP contribution in [0.5, 0.6) is 0 Å². The van der Waals surface area contributed by atoms with E-state index >= 15 is 0 Å². The van der Waals surface area contributed by atoms with Crippen LogP contribution in [0.25, 0.3) is 0 Å². The van der Waals surface area contributed by atoms with Crippen LogP contribution in [0.3, 0.4) is 0 Å². The van der Waals surface area contributed by atoms with Gasteiger partial charge in [0.1, 0.15) is 11.6 Å². The van der Waals surface area contributed by atoms with Gasteiger partial charge >= 0.3 is 0 Å². The standard InChI is InChI=1S/C16H17ClFN3/c1-21(13-6-2-11(18)3-7-13)16-9-8-14(17)15(20-16)10-19-12-4-5-12/h2-3,6-9,12,19H,4-5,10H2,1H3. The average molecular weight is 306 g/mol. The maximum atomic E-state index is 13.0. The summed E-state index contributed by atoms with van der Waals surface area (Å²) in [5, 5.41) is 4.08. The normalized spacial score (nSPS) is 14.2. The highest BCUT2D eigenvalue weighted by molar-refractivity contribution is 6.31. The molecule has 0 aliphatic heterocycles. The third-order valence-electron chi connectivity index (χ3n) is 3.60. The summed E-state index contributed by atoms with van der Waals surface area (Å²) in [7, 11) is 1.90. The van der Waals surface area contributed by atoms with E-state index in [0.717, 1.165) is 17.2 Å². The molecule has 1 heterocycles. The number of halogens is 2. The molecule has 1 fully saturated rings. The summed E-state index contributed by atoms with van der Waals surface area (Å²) in [5.41, 5.74) is 1.72. The van der Waals surface area contributed by atoms with Gasteiger partial charge in [0.15, 0.2) is 0 Å². The number of nitrogens with zero attached hydrogens (tertiary/aromatic N) is 2. The summed E-state index contributed by atoms with van der Waals surface area (Å²) in [6.45, 7) is 0.675. The van der Waals surface area contributed by atoms with Crippen LogP contribution >= 0.6 is 11.6 Å². The molecule has 21 heavy (non-hydrogen) atoms. The number of pyridine rings is 1. The smallest absolute Gasteiger partial charge is 0.133 e. The van der Waals surface area contributed by atoms with Crippen LogP contribution in [0.4, 0.5) is 15.9 Å². The van der Waals surface area contributed by atoms with Crippen molar-refractivity contribution in [3.8, 4) is 0 Å². The molecule has 110 valence electrons. The van der Waals surface area contributed by atoms with Crippen molar-refractivity contribution in [2.24, 2.45) is 0 Å². The van der Waals surface area contributed by atoms with E-state index in [-0.39, 0.29) is 5.82 Å². The molecule has 1 aromatic heterocycles. The van der Waals surface area contributed by atoms with Crippen LogP contribution in [0.2, 0.25) is 5.02 Å². The van der Waals surface area contributed by atoms with Gasteiger partial charge in [0.05, 0.1) is 10.7 Å². The highest BCUT2D eigenvalue weighted by Gasteiger charge is 2.21. The molecule has 5 heteroatoms. The largest absolute Gasteiger partial charge is 0.329 e. The molecular weight excluding hydrogens is 289 g/mol. The zero-order valence-corrected chi connectivity index (χ0v) is 12.6. The second kappa shape index (κ2) is 6.00. The van der Waals surface area contributed by atoms with E-state index in [0.29, 0.717) is 17.6 Å². The Bertz CT molecular complexity index is 626. The Morgan fingerprint density at radius 2 is 1.95 bits per heavy atom. The van der Waals surface area contributed by atoms with E-state index in [9.17, 15) is 4.39 Å². The number of hydrogen-bond donors (Lipinski definition) is 1. The minimum atomic E-state index is -0.245. The number of nitrogens with one attached hydrogen (secondary N) is 1. The molecule has 0 unspecified atom stereocenters. The summed E-state index contributed by atoms with van der Waals surface area (Å²) < 4.78 is 13.0. The summed E-state index contributed by atoms with van der Waals surface area (Å²) >= 11 is 6.20. The predicted octanol–water partition coefficient (Wildman–Crippen LogP) is 3.89. The van der Waals surface area contributed by atoms with Crippen LogP contribution < -0.4 is 10.2 Å². The Labute approximate surface area is 128 Å². The Balaban J connectivity index is 1.79. The van der Waals surface area contributed by atoms with Gasteiger partial charge in [-0.15, -0.1) is 0 Å². The Kier molecular flexibility index (Phi) is 4.08. The molecule has 0 amide bonds. The second-order valence-corrected chi connectivity index (χ2v) is 5.70. The molecule has 0 radical (unpaired) electrons. The number of hydrogen-bond acceptors (Lipinski definition) is 3. The molecule has 0 spiro atoms. The van der Waals surface area contributed by atoms with E-state index in [1.165, 1.54) is 25.0 Å². The van der Waals surface area contributed by atoms with Gasteiger partial charge in [0.25, 0.3) is 0 Å². The molecule has 1 aliphatic rings. The molecule has 2 aromatic rings. The zero-order valence-electron chi connectivity index (χ0n) is 11.8. The third kappa shape index (κ3) is 3.52. The van der Waals surface area contributed by atoms with Crippen LogP contribution in [0, 0.1) is 5.82 Å². The van der Waals surface area contributed by atoms with Gasteiger partial charge < -0.3 is 10.2 Å². The average Bonchev–Trinajstić information content (AvgIpc) is 3.31. The summed E-state index contributed by atoms with van der Waals surface area (Å²) in [6, 6.07) is 10.7. The van der Waals surface area contributed by atoms with Crippen molar-refractivity contribution in [1.29, 1.82) is 0 Å². The molecular formula is C16H17ClFN3. The molecule has 1 saturated carbocycles. The van der Waals surface area contributed by atoms with E-state index in [1.54, 1.807) is 12.1 Å². The van der Waals surface area contributed by atoms with Crippen LogP contribution in [0.1, 0.15) is 18.5 Å². The first-order valence-electron chi connectivity index (χ1n) is 7.01. The minimum Gasteiger partial charge on any atom is -0.329 e. The highest BCUT2D eigenvalue weighted by Crippen LogP contribution is 2.26. The maximum Gasteiger partial charge on any atom is 0.133 e. The van der Waals surface area contributed by atoms with Crippen LogP contribution in [-0.2, 0) is 6.54 Å². The second-order valence-electron chi connectivity index (χ2n) is 5.29. The fourth-order valence-electron chi connectivity index (χ4n) is 2.11. The molecule has 1 aliphatic carbocycles. The summed E-state index contributed by atoms with van der Waals surface area (Å²) in [5.74, 6) is 0.546. The Morgan fingerprint density at radius 3 is 2.62 bits per heavy atom. The number of anilines is 2. The van der Waals surface area contributed by atoms with E-state index in [1.807, 2.05) is 24.1 Å². The van der Waals surface area contributed by atoms with Gasteiger partial charge in [-0.3, -0.25) is 0 Å². The van der Waals surface area contributed by atoms with E-state index < -0.39 is 0 Å². The van der Waals surface area contributed by atoms with Gasteiger partial charge in [-0.1, -0.05) is 11.6 Å². The monoisotopic (exact) mass is 305 g/mol. The predicted molar refractivity (Wildman–Crippen MR) is 83.6 cm³/mol. The SMILES string of the molecule is CN(c1ccc(F)cc1)c1ccc(Cl)c(CNC2CC2)n1. The van der Waals surface area contributed by atoms with Gasteiger partial charge in [0, 0.05) is 25.3 Å². The number of aromatic nitrogens is 1. The maximum absolute atomic E-state index is 13.0. The first kappa shape index (κ1) is 14.3. The lowest BCUT2D eigenvalue weighted by atomic mass is 10.2. The van der Waals surface area contributed by atoms with Gasteiger partial charge in [-0.05, 0) is 49.2 Å². The minimum absolute atomic E-state index is 0.245. The van der Waals surface area contributed by atoms with Crippen molar-refractivity contribution < 1.29 is 4.39 Å². The molecule has 0 atom stereocenters. The summed E-state index contributed by atoms with van der Waals surface area (Å²) in [6.07, 6.45) is 2.46. The van der Waals surface area contributed by atoms with Crippen LogP contribution in [-0.4, -0.2) is 18.1 Å². The zero-order chi connectivity index (χ0) is 14.8. The number of benzene rings is 1. The van der Waals surface area contributed by atoms with E-state index in [4.69, 9.17) is 11.6 Å². The highest BCUT2D eigenvalue weighted by atomic mass is 35.5. The van der Waals surface area contributed by atoms with Crippen molar-refractivity contribution in [3.63, 3.8) is 0 Å². The molecule has 1 N–H and O–H groups in total. The topological polar surface area (TPSA) is 28.2 Å². The van der Waals surface area contributed by atoms with Crippen LogP contribution in [0.15, 0.2) is 36.4 Å². The first-order chi connectivity index (χ1) is 10.1. The quantitative estimate of drug-likeness (QED) is 0.908. The molecule has 0 saturated heterocycles. The van der Waals surface area contributed by atoms with Crippen molar-refractivity contribution >= 4 is 23.1 Å². The lowest BCUT2D eigenvalue weighted by Gasteiger charge is -2.19. The Hall–Kier alpha value is -1.65. The lowest BCUT2D eigenvalue weighted by Crippen LogP contribution is -2.18. The molecule has 1 aromatic carbocycles. The fraction of sp³-hybridized carbons (Fsp3) is 0.312. The van der Waals surface area contributed by atoms with Crippen molar-refractivity contribution in [2.75, 3.05) is 11.9 Å². The Morgan fingerprint density at radius 1 is 1.24 bits per heavy atom. The number of rotatable bonds is 5. The molecule has 0 bridgehead atoms.